The average Bonchev–Trinajstić information content (AvgIpc) is 2.72. The third-order valence-electron chi connectivity index (χ3n) is 5.74. The molecule has 1 aromatic carbocycles. The van der Waals surface area contributed by atoms with Crippen molar-refractivity contribution in [2.75, 3.05) is 40.4 Å². The van der Waals surface area contributed by atoms with E-state index < -0.39 is 0 Å². The molecule has 0 aliphatic carbocycles. The second-order valence-electron chi connectivity index (χ2n) is 8.70. The third-order valence-corrected chi connectivity index (χ3v) is 5.74. The summed E-state index contributed by atoms with van der Waals surface area (Å²) in [4.78, 5) is 7.46. The molecule has 0 radical (unpaired) electrons. The van der Waals surface area contributed by atoms with Crippen molar-refractivity contribution in [3.8, 4) is 11.5 Å². The van der Waals surface area contributed by atoms with Gasteiger partial charge in [-0.1, -0.05) is 19.9 Å². The summed E-state index contributed by atoms with van der Waals surface area (Å²) in [5.74, 6) is 2.41. The number of ether oxygens (including phenoxy) is 2. The number of methoxy groups -OCH3 is 2. The van der Waals surface area contributed by atoms with Crippen LogP contribution in [0.4, 0.5) is 0 Å². The summed E-state index contributed by atoms with van der Waals surface area (Å²) < 4.78 is 10.8. The van der Waals surface area contributed by atoms with Gasteiger partial charge in [-0.25, -0.2) is 0 Å². The van der Waals surface area contributed by atoms with E-state index >= 15 is 0 Å². The number of likely N-dealkylation sites (tertiary alicyclic amines) is 1. The highest BCUT2D eigenvalue weighted by molar-refractivity contribution is 14.0. The highest BCUT2D eigenvalue weighted by Gasteiger charge is 2.24. The van der Waals surface area contributed by atoms with Crippen LogP contribution in [-0.4, -0.2) is 63.3 Å². The topological polar surface area (TPSA) is 58.1 Å². The van der Waals surface area contributed by atoms with Gasteiger partial charge < -0.3 is 25.0 Å². The van der Waals surface area contributed by atoms with Gasteiger partial charge in [0.2, 0.25) is 0 Å². The van der Waals surface area contributed by atoms with Crippen LogP contribution in [0, 0.1) is 0 Å². The fourth-order valence-corrected chi connectivity index (χ4v) is 3.70. The van der Waals surface area contributed by atoms with Crippen LogP contribution in [0.25, 0.3) is 0 Å². The van der Waals surface area contributed by atoms with E-state index in [0.717, 1.165) is 49.9 Å². The van der Waals surface area contributed by atoms with Gasteiger partial charge in [-0.2, -0.15) is 0 Å². The van der Waals surface area contributed by atoms with Gasteiger partial charge in [-0.05, 0) is 51.3 Å². The zero-order chi connectivity index (χ0) is 21.4. The Morgan fingerprint density at radius 3 is 2.33 bits per heavy atom. The number of nitrogens with one attached hydrogen (secondary N) is 2. The van der Waals surface area contributed by atoms with Crippen molar-refractivity contribution in [1.82, 2.24) is 15.5 Å². The number of benzene rings is 1. The van der Waals surface area contributed by atoms with E-state index in [0.29, 0.717) is 18.6 Å². The molecule has 0 spiro atoms. The largest absolute Gasteiger partial charge is 0.493 e. The third kappa shape index (κ3) is 7.48. The van der Waals surface area contributed by atoms with Gasteiger partial charge in [-0.15, -0.1) is 24.0 Å². The Bertz CT molecular complexity index is 671. The molecule has 0 atom stereocenters. The van der Waals surface area contributed by atoms with Gasteiger partial charge in [0.05, 0.1) is 20.8 Å². The minimum atomic E-state index is -0.122. The van der Waals surface area contributed by atoms with Crippen LogP contribution in [0.3, 0.4) is 0 Å². The summed E-state index contributed by atoms with van der Waals surface area (Å²) in [6, 6.07) is 7.22. The van der Waals surface area contributed by atoms with Crippen molar-refractivity contribution in [2.24, 2.45) is 4.99 Å². The van der Waals surface area contributed by atoms with Crippen molar-refractivity contribution in [3.63, 3.8) is 0 Å². The van der Waals surface area contributed by atoms with Crippen LogP contribution >= 0.6 is 24.0 Å². The molecule has 2 N–H and O–H groups in total. The van der Waals surface area contributed by atoms with Crippen molar-refractivity contribution in [1.29, 1.82) is 0 Å². The van der Waals surface area contributed by atoms with Gasteiger partial charge in [0, 0.05) is 37.1 Å². The van der Waals surface area contributed by atoms with Gasteiger partial charge >= 0.3 is 0 Å². The summed E-state index contributed by atoms with van der Waals surface area (Å²) in [7, 11) is 3.33. The molecule has 1 aliphatic heterocycles. The molecule has 6 nitrogen and oxygen atoms in total. The number of guanidine groups is 1. The monoisotopic (exact) mass is 532 g/mol. The first-order valence-electron chi connectivity index (χ1n) is 10.8. The van der Waals surface area contributed by atoms with Crippen molar-refractivity contribution in [2.45, 2.75) is 65.0 Å². The fourth-order valence-electron chi connectivity index (χ4n) is 3.70. The number of nitrogens with zero attached hydrogens (tertiary/aromatic N) is 2. The number of rotatable bonds is 8. The molecule has 1 heterocycles. The fraction of sp³-hybridized carbons (Fsp3) is 0.696. The van der Waals surface area contributed by atoms with E-state index in [9.17, 15) is 0 Å². The first-order valence-corrected chi connectivity index (χ1v) is 10.8. The van der Waals surface area contributed by atoms with Crippen molar-refractivity contribution >= 4 is 29.9 Å². The molecule has 2 rings (SSSR count). The number of halogens is 1. The molecule has 1 fully saturated rings. The first kappa shape index (κ1) is 26.8. The van der Waals surface area contributed by atoms with E-state index in [1.54, 1.807) is 14.2 Å². The predicted molar refractivity (Wildman–Crippen MR) is 137 cm³/mol. The summed E-state index contributed by atoms with van der Waals surface area (Å²) in [5.41, 5.74) is 1.06. The van der Waals surface area contributed by atoms with Crippen molar-refractivity contribution in [3.05, 3.63) is 23.8 Å². The minimum Gasteiger partial charge on any atom is -0.493 e. The van der Waals surface area contributed by atoms with E-state index in [1.165, 1.54) is 5.56 Å². The Hall–Kier alpha value is -1.22. The average molecular weight is 533 g/mol. The van der Waals surface area contributed by atoms with Gasteiger partial charge in [0.15, 0.2) is 17.5 Å². The summed E-state index contributed by atoms with van der Waals surface area (Å²) in [5, 5.41) is 7.06. The smallest absolute Gasteiger partial charge is 0.191 e. The zero-order valence-electron chi connectivity index (χ0n) is 19.7. The summed E-state index contributed by atoms with van der Waals surface area (Å²) in [6.45, 7) is 14.9. The number of hydrogen-bond acceptors (Lipinski definition) is 4. The zero-order valence-corrected chi connectivity index (χ0v) is 22.1. The van der Waals surface area contributed by atoms with Crippen LogP contribution in [0.15, 0.2) is 23.2 Å². The molecule has 0 amide bonds. The molecular weight excluding hydrogens is 491 g/mol. The predicted octanol–water partition coefficient (Wildman–Crippen LogP) is 4.03. The Kier molecular flexibility index (Phi) is 11.3. The van der Waals surface area contributed by atoms with E-state index in [4.69, 9.17) is 14.5 Å². The number of aliphatic imine (C=N–C) groups is 1. The lowest BCUT2D eigenvalue weighted by Gasteiger charge is -2.35. The molecule has 0 aromatic heterocycles. The molecule has 0 bridgehead atoms. The maximum Gasteiger partial charge on any atom is 0.191 e. The van der Waals surface area contributed by atoms with Crippen molar-refractivity contribution < 1.29 is 9.47 Å². The number of piperidine rings is 1. The maximum absolute atomic E-state index is 5.47. The SMILES string of the molecule is CCNC(=NCC(C)(C)c1ccc(OC)c(OC)c1)NC1CCN(C(C)C)CC1.I. The molecule has 172 valence electrons. The normalized spacial score (nSPS) is 16.2. The van der Waals surface area contributed by atoms with Crippen LogP contribution in [0.5, 0.6) is 11.5 Å². The lowest BCUT2D eigenvalue weighted by atomic mass is 9.84. The quantitative estimate of drug-likeness (QED) is 0.301. The molecule has 7 heteroatoms. The van der Waals surface area contributed by atoms with Crippen LogP contribution in [0.1, 0.15) is 53.0 Å². The maximum atomic E-state index is 5.47. The Morgan fingerprint density at radius 1 is 1.17 bits per heavy atom. The molecule has 1 aliphatic rings. The second kappa shape index (κ2) is 12.6. The van der Waals surface area contributed by atoms with E-state index in [-0.39, 0.29) is 29.4 Å². The molecule has 30 heavy (non-hydrogen) atoms. The Labute approximate surface area is 200 Å². The highest BCUT2D eigenvalue weighted by Crippen LogP contribution is 2.33. The van der Waals surface area contributed by atoms with Crippen LogP contribution in [-0.2, 0) is 5.41 Å². The highest BCUT2D eigenvalue weighted by atomic mass is 127. The van der Waals surface area contributed by atoms with E-state index in [1.807, 2.05) is 6.07 Å². The van der Waals surface area contributed by atoms with Crippen LogP contribution in [0.2, 0.25) is 0 Å². The Morgan fingerprint density at radius 2 is 1.80 bits per heavy atom. The number of hydrogen-bond donors (Lipinski definition) is 2. The van der Waals surface area contributed by atoms with Gasteiger partial charge in [-0.3, -0.25) is 4.99 Å². The molecule has 1 aromatic rings. The van der Waals surface area contributed by atoms with Gasteiger partial charge in [0.1, 0.15) is 0 Å². The Balaban J connectivity index is 0.00000450. The summed E-state index contributed by atoms with van der Waals surface area (Å²) in [6.07, 6.45) is 2.31. The molecule has 1 saturated heterocycles. The van der Waals surface area contributed by atoms with Gasteiger partial charge in [0.25, 0.3) is 0 Å². The molecular formula is C23H41IN4O2. The first-order chi connectivity index (χ1) is 13.8. The minimum absolute atomic E-state index is 0. The standard InChI is InChI=1S/C23H40N4O2.HI/c1-8-24-22(26-19-11-13-27(14-12-19)17(2)3)25-16-23(4,5)18-9-10-20(28-6)21(15-18)29-7;/h9-10,15,17,19H,8,11-14,16H2,1-7H3,(H2,24,25,26);1H. The lowest BCUT2D eigenvalue weighted by molar-refractivity contribution is 0.167. The van der Waals surface area contributed by atoms with Crippen LogP contribution < -0.4 is 20.1 Å². The molecule has 0 saturated carbocycles. The van der Waals surface area contributed by atoms with E-state index in [2.05, 4.69) is 62.3 Å². The lowest BCUT2D eigenvalue weighted by Crippen LogP contribution is -2.50. The molecule has 0 unspecified atom stereocenters. The summed E-state index contributed by atoms with van der Waals surface area (Å²) >= 11 is 0. The second-order valence-corrected chi connectivity index (χ2v) is 8.70.